The number of nitrogens with two attached hydrogens (primary N) is 1. The lowest BCUT2D eigenvalue weighted by Crippen LogP contribution is -2.44. The maximum absolute atomic E-state index is 14.0. The highest BCUT2D eigenvalue weighted by atomic mass is 19.1. The highest BCUT2D eigenvalue weighted by Crippen LogP contribution is 2.30. The maximum Gasteiger partial charge on any atom is 0.123 e. The fourth-order valence-corrected chi connectivity index (χ4v) is 1.72. The first kappa shape index (κ1) is 10.9. The van der Waals surface area contributed by atoms with Crippen LogP contribution in [0.3, 0.4) is 0 Å². The zero-order chi connectivity index (χ0) is 9.90. The molecule has 13 heavy (non-hydrogen) atoms. The van der Waals surface area contributed by atoms with Crippen molar-refractivity contribution in [1.29, 1.82) is 0 Å². The van der Waals surface area contributed by atoms with Crippen LogP contribution < -0.4 is 11.1 Å². The molecule has 1 aliphatic rings. The first-order chi connectivity index (χ1) is 6.02. The molecule has 0 atom stereocenters. The van der Waals surface area contributed by atoms with E-state index in [9.17, 15) is 4.39 Å². The van der Waals surface area contributed by atoms with Crippen LogP contribution >= 0.6 is 0 Å². The van der Waals surface area contributed by atoms with E-state index in [1.165, 1.54) is 0 Å². The number of halogens is 1. The maximum atomic E-state index is 14.0. The van der Waals surface area contributed by atoms with E-state index in [2.05, 4.69) is 5.32 Å². The minimum atomic E-state index is -1.000. The smallest absolute Gasteiger partial charge is 0.123 e. The number of nitrogens with one attached hydrogen (secondary N) is 1. The molecule has 0 unspecified atom stereocenters. The van der Waals surface area contributed by atoms with Gasteiger partial charge < -0.3 is 11.1 Å². The van der Waals surface area contributed by atoms with E-state index >= 15 is 0 Å². The van der Waals surface area contributed by atoms with Crippen molar-refractivity contribution in [3.05, 3.63) is 0 Å². The Morgan fingerprint density at radius 3 is 2.46 bits per heavy atom. The minimum Gasteiger partial charge on any atom is -0.328 e. The molecular formula is C10H21FN2. The van der Waals surface area contributed by atoms with E-state index in [-0.39, 0.29) is 6.04 Å². The zero-order valence-corrected chi connectivity index (χ0v) is 8.65. The number of hydrogen-bond acceptors (Lipinski definition) is 2. The molecule has 78 valence electrons. The molecule has 0 aliphatic heterocycles. The number of rotatable bonds is 3. The third kappa shape index (κ3) is 3.61. The van der Waals surface area contributed by atoms with Gasteiger partial charge >= 0.3 is 0 Å². The van der Waals surface area contributed by atoms with Gasteiger partial charge in [-0.3, -0.25) is 0 Å². The molecule has 1 rings (SSSR count). The van der Waals surface area contributed by atoms with Crippen molar-refractivity contribution in [2.24, 2.45) is 5.73 Å². The van der Waals surface area contributed by atoms with Gasteiger partial charge in [0.25, 0.3) is 0 Å². The van der Waals surface area contributed by atoms with Gasteiger partial charge in [-0.25, -0.2) is 4.39 Å². The van der Waals surface area contributed by atoms with Crippen LogP contribution in [0, 0.1) is 0 Å². The summed E-state index contributed by atoms with van der Waals surface area (Å²) in [6.07, 6.45) is 2.90. The molecule has 3 N–H and O–H groups in total. The average molecular weight is 188 g/mol. The first-order valence-corrected chi connectivity index (χ1v) is 5.20. The van der Waals surface area contributed by atoms with Gasteiger partial charge in [-0.1, -0.05) is 13.8 Å². The summed E-state index contributed by atoms with van der Waals surface area (Å²) in [7, 11) is 0. The predicted molar refractivity (Wildman–Crippen MR) is 53.4 cm³/mol. The summed E-state index contributed by atoms with van der Waals surface area (Å²) < 4.78 is 14.0. The van der Waals surface area contributed by atoms with Crippen molar-refractivity contribution in [3.8, 4) is 0 Å². The largest absolute Gasteiger partial charge is 0.328 e. The van der Waals surface area contributed by atoms with Gasteiger partial charge in [0.1, 0.15) is 5.67 Å². The van der Waals surface area contributed by atoms with Gasteiger partial charge in [0.05, 0.1) is 0 Å². The van der Waals surface area contributed by atoms with Crippen molar-refractivity contribution >= 4 is 0 Å². The Kier molecular flexibility index (Phi) is 3.68. The lowest BCUT2D eigenvalue weighted by molar-refractivity contribution is 0.0955. The molecule has 1 saturated carbocycles. The van der Waals surface area contributed by atoms with E-state index in [4.69, 9.17) is 5.73 Å². The highest BCUT2D eigenvalue weighted by molar-refractivity contribution is 4.89. The fourth-order valence-electron chi connectivity index (χ4n) is 1.72. The van der Waals surface area contributed by atoms with Crippen molar-refractivity contribution in [3.63, 3.8) is 0 Å². The summed E-state index contributed by atoms with van der Waals surface area (Å²) in [5.41, 5.74) is 4.72. The van der Waals surface area contributed by atoms with Crippen molar-refractivity contribution in [2.75, 3.05) is 6.54 Å². The van der Waals surface area contributed by atoms with Crippen LogP contribution in [0.2, 0.25) is 0 Å². The summed E-state index contributed by atoms with van der Waals surface area (Å²) in [6, 6.07) is 0.589. The van der Waals surface area contributed by atoms with Crippen molar-refractivity contribution in [1.82, 2.24) is 5.32 Å². The Bertz CT molecular complexity index is 151. The van der Waals surface area contributed by atoms with Gasteiger partial charge in [-0.2, -0.15) is 0 Å². The Labute approximate surface area is 80.1 Å². The molecular weight excluding hydrogens is 167 g/mol. The molecule has 0 saturated heterocycles. The van der Waals surface area contributed by atoms with Crippen LogP contribution in [0.4, 0.5) is 4.39 Å². The Balaban J connectivity index is 2.30. The Morgan fingerprint density at radius 2 is 2.00 bits per heavy atom. The molecule has 1 fully saturated rings. The SMILES string of the molecule is CC(C)NCC1(F)CCC(N)CC1. The van der Waals surface area contributed by atoms with Crippen LogP contribution in [0.5, 0.6) is 0 Å². The Hall–Kier alpha value is -0.150. The summed E-state index contributed by atoms with van der Waals surface area (Å²) in [5.74, 6) is 0. The Morgan fingerprint density at radius 1 is 1.46 bits per heavy atom. The van der Waals surface area contributed by atoms with E-state index in [0.717, 1.165) is 12.8 Å². The first-order valence-electron chi connectivity index (χ1n) is 5.20. The van der Waals surface area contributed by atoms with Crippen LogP contribution in [0.25, 0.3) is 0 Å². The van der Waals surface area contributed by atoms with Gasteiger partial charge in [0.15, 0.2) is 0 Å². The van der Waals surface area contributed by atoms with Gasteiger partial charge in [0.2, 0.25) is 0 Å². The molecule has 0 aromatic rings. The summed E-state index contributed by atoms with van der Waals surface area (Å²) in [4.78, 5) is 0. The molecule has 1 aliphatic carbocycles. The van der Waals surface area contributed by atoms with Crippen LogP contribution in [0.1, 0.15) is 39.5 Å². The van der Waals surface area contributed by atoms with E-state index in [1.807, 2.05) is 13.8 Å². The number of alkyl halides is 1. The third-order valence-electron chi connectivity index (χ3n) is 2.75. The highest BCUT2D eigenvalue weighted by Gasteiger charge is 2.33. The van der Waals surface area contributed by atoms with Crippen LogP contribution in [-0.2, 0) is 0 Å². The van der Waals surface area contributed by atoms with Crippen molar-refractivity contribution in [2.45, 2.75) is 57.3 Å². The average Bonchev–Trinajstić information content (AvgIpc) is 2.08. The quantitative estimate of drug-likeness (QED) is 0.706. The molecule has 0 heterocycles. The van der Waals surface area contributed by atoms with Crippen LogP contribution in [-0.4, -0.2) is 24.3 Å². The lowest BCUT2D eigenvalue weighted by Gasteiger charge is -2.33. The second-order valence-electron chi connectivity index (χ2n) is 4.52. The summed E-state index contributed by atoms with van der Waals surface area (Å²) in [5, 5.41) is 3.15. The molecule has 0 radical (unpaired) electrons. The molecule has 0 aromatic carbocycles. The van der Waals surface area contributed by atoms with Gasteiger partial charge in [-0.15, -0.1) is 0 Å². The summed E-state index contributed by atoms with van der Waals surface area (Å²) in [6.45, 7) is 4.56. The monoisotopic (exact) mass is 188 g/mol. The molecule has 3 heteroatoms. The molecule has 0 bridgehead atoms. The van der Waals surface area contributed by atoms with Gasteiger partial charge in [-0.05, 0) is 25.7 Å². The minimum absolute atomic E-state index is 0.225. The molecule has 0 amide bonds. The second kappa shape index (κ2) is 4.38. The molecule has 2 nitrogen and oxygen atoms in total. The molecule has 0 aromatic heterocycles. The van der Waals surface area contributed by atoms with E-state index in [0.29, 0.717) is 25.4 Å². The zero-order valence-electron chi connectivity index (χ0n) is 8.65. The van der Waals surface area contributed by atoms with Crippen LogP contribution in [0.15, 0.2) is 0 Å². The third-order valence-corrected chi connectivity index (χ3v) is 2.75. The fraction of sp³-hybridized carbons (Fsp3) is 1.00. The summed E-state index contributed by atoms with van der Waals surface area (Å²) >= 11 is 0. The van der Waals surface area contributed by atoms with E-state index < -0.39 is 5.67 Å². The lowest BCUT2D eigenvalue weighted by atomic mass is 9.84. The number of hydrogen-bond donors (Lipinski definition) is 2. The van der Waals surface area contributed by atoms with Crippen molar-refractivity contribution < 1.29 is 4.39 Å². The molecule has 0 spiro atoms. The second-order valence-corrected chi connectivity index (χ2v) is 4.52. The normalized spacial score (nSPS) is 35.3. The van der Waals surface area contributed by atoms with Gasteiger partial charge in [0, 0.05) is 18.6 Å². The standard InChI is InChI=1S/C10H21FN2/c1-8(2)13-7-10(11)5-3-9(12)4-6-10/h8-9,13H,3-7,12H2,1-2H3. The predicted octanol–water partition coefficient (Wildman–Crippen LogP) is 1.59. The topological polar surface area (TPSA) is 38.0 Å². The van der Waals surface area contributed by atoms with E-state index in [1.54, 1.807) is 0 Å².